The molecule has 0 bridgehead atoms. The van der Waals surface area contributed by atoms with Crippen molar-refractivity contribution in [1.29, 1.82) is 0 Å². The minimum Gasteiger partial charge on any atom is -0.368 e. The van der Waals surface area contributed by atoms with Crippen molar-refractivity contribution in [2.75, 3.05) is 6.54 Å². The highest BCUT2D eigenvalue weighted by Crippen LogP contribution is 2.16. The molecule has 19 heavy (non-hydrogen) atoms. The number of nitrogens with one attached hydrogen (secondary N) is 1. The molecule has 5 N–H and O–H groups in total. The second kappa shape index (κ2) is 6.92. The molecular formula is C13H17N3O2S. The number of rotatable bonds is 4. The minimum atomic E-state index is -0.690. The summed E-state index contributed by atoms with van der Waals surface area (Å²) in [6.07, 6.45) is 0. The van der Waals surface area contributed by atoms with Crippen LogP contribution < -0.4 is 16.8 Å². The van der Waals surface area contributed by atoms with E-state index in [1.807, 2.05) is 13.8 Å². The Hall–Kier alpha value is -1.84. The molecule has 6 heteroatoms. The second-order valence-corrected chi connectivity index (χ2v) is 5.18. The van der Waals surface area contributed by atoms with Crippen molar-refractivity contribution >= 4 is 23.2 Å². The van der Waals surface area contributed by atoms with Crippen LogP contribution in [0.5, 0.6) is 0 Å². The standard InChI is InChI=1S/C13H17N3O2S/c1-8(2)10(12(15)17)16-13(18)11-9(4-3-6-14)5-7-19-11/h5,7-8,10H,6,14H2,1-2H3,(H2,15,17)(H,16,18). The van der Waals surface area contributed by atoms with Gasteiger partial charge in [-0.05, 0) is 17.4 Å². The van der Waals surface area contributed by atoms with Crippen LogP contribution in [0.1, 0.15) is 29.1 Å². The van der Waals surface area contributed by atoms with Gasteiger partial charge in [0.25, 0.3) is 5.91 Å². The topological polar surface area (TPSA) is 98.2 Å². The van der Waals surface area contributed by atoms with Crippen molar-refractivity contribution in [3.8, 4) is 11.8 Å². The normalized spacial score (nSPS) is 11.6. The molecule has 102 valence electrons. The van der Waals surface area contributed by atoms with Crippen LogP contribution >= 0.6 is 11.3 Å². The van der Waals surface area contributed by atoms with Gasteiger partial charge in [0.2, 0.25) is 5.91 Å². The van der Waals surface area contributed by atoms with Crippen LogP contribution in [0, 0.1) is 17.8 Å². The molecule has 2 amide bonds. The molecule has 0 radical (unpaired) electrons. The average molecular weight is 279 g/mol. The van der Waals surface area contributed by atoms with E-state index in [-0.39, 0.29) is 18.4 Å². The highest BCUT2D eigenvalue weighted by molar-refractivity contribution is 7.12. The van der Waals surface area contributed by atoms with Gasteiger partial charge in [0.05, 0.1) is 6.54 Å². The van der Waals surface area contributed by atoms with Gasteiger partial charge in [0.1, 0.15) is 10.9 Å². The summed E-state index contributed by atoms with van der Waals surface area (Å²) in [5, 5.41) is 4.40. The summed E-state index contributed by atoms with van der Waals surface area (Å²) < 4.78 is 0. The van der Waals surface area contributed by atoms with Crippen LogP contribution in [0.4, 0.5) is 0 Å². The molecule has 0 aliphatic carbocycles. The van der Waals surface area contributed by atoms with Crippen molar-refractivity contribution in [2.24, 2.45) is 17.4 Å². The molecule has 1 aromatic heterocycles. The monoisotopic (exact) mass is 279 g/mol. The molecule has 0 aliphatic heterocycles. The van der Waals surface area contributed by atoms with Crippen molar-refractivity contribution in [2.45, 2.75) is 19.9 Å². The van der Waals surface area contributed by atoms with E-state index in [1.54, 1.807) is 11.4 Å². The number of carbonyl (C=O) groups is 2. The predicted molar refractivity (Wildman–Crippen MR) is 75.5 cm³/mol. The summed E-state index contributed by atoms with van der Waals surface area (Å²) in [7, 11) is 0. The van der Waals surface area contributed by atoms with E-state index in [0.29, 0.717) is 10.4 Å². The van der Waals surface area contributed by atoms with Gasteiger partial charge < -0.3 is 16.8 Å². The molecule has 0 spiro atoms. The molecule has 1 unspecified atom stereocenters. The number of amides is 2. The van der Waals surface area contributed by atoms with Gasteiger partial charge in [0, 0.05) is 5.56 Å². The summed E-state index contributed by atoms with van der Waals surface area (Å²) in [5.74, 6) is 4.57. The molecule has 0 aromatic carbocycles. The quantitative estimate of drug-likeness (QED) is 0.691. The Bertz CT molecular complexity index is 525. The van der Waals surface area contributed by atoms with Crippen LogP contribution in [-0.2, 0) is 4.79 Å². The van der Waals surface area contributed by atoms with Gasteiger partial charge in [-0.1, -0.05) is 25.7 Å². The number of hydrogen-bond acceptors (Lipinski definition) is 4. The van der Waals surface area contributed by atoms with Crippen LogP contribution in [0.2, 0.25) is 0 Å². The van der Waals surface area contributed by atoms with Gasteiger partial charge in [-0.3, -0.25) is 9.59 Å². The fourth-order valence-corrected chi connectivity index (χ4v) is 2.26. The lowest BCUT2D eigenvalue weighted by Gasteiger charge is -2.18. The maximum atomic E-state index is 12.1. The van der Waals surface area contributed by atoms with Crippen LogP contribution in [0.15, 0.2) is 11.4 Å². The molecule has 5 nitrogen and oxygen atoms in total. The Labute approximate surface area is 116 Å². The van der Waals surface area contributed by atoms with Crippen molar-refractivity contribution in [1.82, 2.24) is 5.32 Å². The van der Waals surface area contributed by atoms with Crippen LogP contribution in [0.25, 0.3) is 0 Å². The molecule has 1 atom stereocenters. The second-order valence-electron chi connectivity index (χ2n) is 4.27. The number of nitrogens with two attached hydrogens (primary N) is 2. The zero-order valence-electron chi connectivity index (χ0n) is 10.9. The van der Waals surface area contributed by atoms with Gasteiger partial charge >= 0.3 is 0 Å². The average Bonchev–Trinajstić information content (AvgIpc) is 2.80. The summed E-state index contributed by atoms with van der Waals surface area (Å²) in [5.41, 5.74) is 11.2. The van der Waals surface area contributed by atoms with Crippen LogP contribution in [0.3, 0.4) is 0 Å². The molecule has 0 aliphatic rings. The van der Waals surface area contributed by atoms with E-state index < -0.39 is 11.9 Å². The minimum absolute atomic E-state index is 0.0695. The summed E-state index contributed by atoms with van der Waals surface area (Å²) in [6.45, 7) is 3.87. The van der Waals surface area contributed by atoms with Gasteiger partial charge in [-0.25, -0.2) is 0 Å². The lowest BCUT2D eigenvalue weighted by atomic mass is 10.0. The first-order chi connectivity index (χ1) is 8.97. The summed E-state index contributed by atoms with van der Waals surface area (Å²) in [6, 6.07) is 1.06. The Morgan fingerprint density at radius 1 is 1.47 bits per heavy atom. The van der Waals surface area contributed by atoms with E-state index >= 15 is 0 Å². The lowest BCUT2D eigenvalue weighted by Crippen LogP contribution is -2.47. The fourth-order valence-electron chi connectivity index (χ4n) is 1.50. The maximum absolute atomic E-state index is 12.1. The maximum Gasteiger partial charge on any atom is 0.263 e. The summed E-state index contributed by atoms with van der Waals surface area (Å²) >= 11 is 1.27. The van der Waals surface area contributed by atoms with Crippen molar-refractivity contribution in [3.63, 3.8) is 0 Å². The fraction of sp³-hybridized carbons (Fsp3) is 0.385. The van der Waals surface area contributed by atoms with E-state index in [9.17, 15) is 9.59 Å². The largest absolute Gasteiger partial charge is 0.368 e. The molecule has 1 heterocycles. The highest BCUT2D eigenvalue weighted by atomic mass is 32.1. The number of carbonyl (C=O) groups excluding carboxylic acids is 2. The lowest BCUT2D eigenvalue weighted by molar-refractivity contribution is -0.120. The first-order valence-electron chi connectivity index (χ1n) is 5.84. The van der Waals surface area contributed by atoms with Gasteiger partial charge in [0.15, 0.2) is 0 Å². The SMILES string of the molecule is CC(C)C(NC(=O)c1sccc1C#CCN)C(N)=O. The molecule has 1 aromatic rings. The van der Waals surface area contributed by atoms with E-state index in [2.05, 4.69) is 17.2 Å². The molecular weight excluding hydrogens is 262 g/mol. The van der Waals surface area contributed by atoms with Crippen molar-refractivity contribution in [3.05, 3.63) is 21.9 Å². The zero-order valence-corrected chi connectivity index (χ0v) is 11.7. The highest BCUT2D eigenvalue weighted by Gasteiger charge is 2.23. The molecule has 0 saturated heterocycles. The number of thiophene rings is 1. The molecule has 0 fully saturated rings. The van der Waals surface area contributed by atoms with E-state index in [0.717, 1.165) is 0 Å². The smallest absolute Gasteiger partial charge is 0.263 e. The van der Waals surface area contributed by atoms with Crippen molar-refractivity contribution < 1.29 is 9.59 Å². The Morgan fingerprint density at radius 2 is 2.16 bits per heavy atom. The first-order valence-corrected chi connectivity index (χ1v) is 6.72. The predicted octanol–water partition coefficient (Wildman–Crippen LogP) is 0.298. The number of primary amides is 1. The third-order valence-corrected chi connectivity index (χ3v) is 3.37. The zero-order chi connectivity index (χ0) is 14.4. The van der Waals surface area contributed by atoms with Gasteiger partial charge in [-0.2, -0.15) is 0 Å². The number of hydrogen-bond donors (Lipinski definition) is 3. The Morgan fingerprint density at radius 3 is 2.68 bits per heavy atom. The Kier molecular flexibility index (Phi) is 5.55. The third-order valence-electron chi connectivity index (χ3n) is 2.46. The molecule has 0 saturated carbocycles. The first kappa shape index (κ1) is 15.2. The van der Waals surface area contributed by atoms with Crippen LogP contribution in [-0.4, -0.2) is 24.4 Å². The van der Waals surface area contributed by atoms with E-state index in [4.69, 9.17) is 11.5 Å². The van der Waals surface area contributed by atoms with E-state index in [1.165, 1.54) is 11.3 Å². The third kappa shape index (κ3) is 4.09. The Balaban J connectivity index is 2.89. The summed E-state index contributed by atoms with van der Waals surface area (Å²) in [4.78, 5) is 23.8. The van der Waals surface area contributed by atoms with Gasteiger partial charge in [-0.15, -0.1) is 11.3 Å². The molecule has 1 rings (SSSR count).